The lowest BCUT2D eigenvalue weighted by atomic mass is 10.1. The van der Waals surface area contributed by atoms with Crippen molar-refractivity contribution in [3.63, 3.8) is 0 Å². The molecule has 0 aromatic rings. The van der Waals surface area contributed by atoms with Crippen LogP contribution in [0.25, 0.3) is 0 Å². The summed E-state index contributed by atoms with van der Waals surface area (Å²) in [5.74, 6) is -0.0922. The summed E-state index contributed by atoms with van der Waals surface area (Å²) in [6.07, 6.45) is 0.834. The summed E-state index contributed by atoms with van der Waals surface area (Å²) >= 11 is 0. The van der Waals surface area contributed by atoms with E-state index in [1.807, 2.05) is 13.8 Å². The highest BCUT2D eigenvalue weighted by Gasteiger charge is 2.24. The van der Waals surface area contributed by atoms with E-state index < -0.39 is 0 Å². The molecule has 0 atom stereocenters. The Hall–Kier alpha value is -1.39. The molecule has 1 rings (SSSR count). The molecule has 84 valence electrons. The SMILES string of the molecule is CCN(CC)C(=O)C1=NN(C)C(=O)CC1. The Morgan fingerprint density at radius 3 is 2.47 bits per heavy atom. The van der Waals surface area contributed by atoms with Crippen molar-refractivity contribution in [2.45, 2.75) is 26.7 Å². The molecular formula is C10H17N3O2. The van der Waals surface area contributed by atoms with Gasteiger partial charge in [0, 0.05) is 33.0 Å². The van der Waals surface area contributed by atoms with Crippen LogP contribution in [0.15, 0.2) is 5.10 Å². The fourth-order valence-corrected chi connectivity index (χ4v) is 1.52. The third kappa shape index (κ3) is 2.55. The molecule has 0 bridgehead atoms. The maximum Gasteiger partial charge on any atom is 0.270 e. The number of hydrogen-bond donors (Lipinski definition) is 0. The minimum atomic E-state index is -0.0562. The summed E-state index contributed by atoms with van der Waals surface area (Å²) in [4.78, 5) is 24.7. The van der Waals surface area contributed by atoms with Gasteiger partial charge >= 0.3 is 0 Å². The van der Waals surface area contributed by atoms with E-state index in [1.165, 1.54) is 5.01 Å². The van der Waals surface area contributed by atoms with Crippen LogP contribution in [0.2, 0.25) is 0 Å². The van der Waals surface area contributed by atoms with Gasteiger partial charge in [-0.05, 0) is 13.8 Å². The fourth-order valence-electron chi connectivity index (χ4n) is 1.52. The molecule has 2 amide bonds. The van der Waals surface area contributed by atoms with E-state index in [9.17, 15) is 9.59 Å². The van der Waals surface area contributed by atoms with E-state index in [1.54, 1.807) is 11.9 Å². The van der Waals surface area contributed by atoms with Crippen molar-refractivity contribution in [2.75, 3.05) is 20.1 Å². The lowest BCUT2D eigenvalue weighted by Gasteiger charge is -2.23. The van der Waals surface area contributed by atoms with Gasteiger partial charge in [-0.15, -0.1) is 0 Å². The first-order valence-electron chi connectivity index (χ1n) is 5.23. The Morgan fingerprint density at radius 2 is 2.00 bits per heavy atom. The van der Waals surface area contributed by atoms with E-state index in [2.05, 4.69) is 5.10 Å². The first kappa shape index (κ1) is 11.7. The molecule has 0 spiro atoms. The van der Waals surface area contributed by atoms with Gasteiger partial charge in [0.2, 0.25) is 5.91 Å². The average molecular weight is 211 g/mol. The highest BCUT2D eigenvalue weighted by atomic mass is 16.2. The smallest absolute Gasteiger partial charge is 0.270 e. The molecule has 0 radical (unpaired) electrons. The lowest BCUT2D eigenvalue weighted by Crippen LogP contribution is -2.40. The average Bonchev–Trinajstić information content (AvgIpc) is 2.23. The standard InChI is InChI=1S/C10H17N3O2/c1-4-13(5-2)10(15)8-6-7-9(14)12(3)11-8/h4-7H2,1-3H3. The molecule has 0 aromatic carbocycles. The van der Waals surface area contributed by atoms with Crippen LogP contribution < -0.4 is 0 Å². The zero-order valence-corrected chi connectivity index (χ0v) is 9.49. The van der Waals surface area contributed by atoms with Crippen LogP contribution >= 0.6 is 0 Å². The topological polar surface area (TPSA) is 53.0 Å². The zero-order valence-electron chi connectivity index (χ0n) is 9.49. The summed E-state index contributed by atoms with van der Waals surface area (Å²) < 4.78 is 0. The Balaban J connectivity index is 2.76. The molecule has 0 N–H and O–H groups in total. The number of amides is 2. The van der Waals surface area contributed by atoms with Crippen molar-refractivity contribution in [3.05, 3.63) is 0 Å². The van der Waals surface area contributed by atoms with Crippen LogP contribution in [-0.2, 0) is 9.59 Å². The van der Waals surface area contributed by atoms with Gasteiger partial charge < -0.3 is 4.90 Å². The monoisotopic (exact) mass is 211 g/mol. The Labute approximate surface area is 89.7 Å². The van der Waals surface area contributed by atoms with Gasteiger partial charge in [0.25, 0.3) is 5.91 Å². The van der Waals surface area contributed by atoms with Gasteiger partial charge in [0.1, 0.15) is 5.71 Å². The number of nitrogens with zero attached hydrogens (tertiary/aromatic N) is 3. The molecule has 15 heavy (non-hydrogen) atoms. The summed E-state index contributed by atoms with van der Waals surface area (Å²) in [6, 6.07) is 0. The Kier molecular flexibility index (Phi) is 3.82. The van der Waals surface area contributed by atoms with Crippen LogP contribution in [0.1, 0.15) is 26.7 Å². The molecule has 0 aliphatic carbocycles. The molecule has 5 nitrogen and oxygen atoms in total. The van der Waals surface area contributed by atoms with Crippen LogP contribution in [0.3, 0.4) is 0 Å². The number of carbonyl (C=O) groups is 2. The van der Waals surface area contributed by atoms with Crippen LogP contribution in [0, 0.1) is 0 Å². The summed E-state index contributed by atoms with van der Waals surface area (Å²) in [6.45, 7) is 5.21. The third-order valence-electron chi connectivity index (χ3n) is 2.50. The second kappa shape index (κ2) is 4.91. The summed E-state index contributed by atoms with van der Waals surface area (Å²) in [5, 5.41) is 5.24. The molecule has 0 saturated heterocycles. The molecule has 5 heteroatoms. The van der Waals surface area contributed by atoms with Crippen molar-refractivity contribution in [2.24, 2.45) is 5.10 Å². The van der Waals surface area contributed by atoms with Crippen molar-refractivity contribution in [1.82, 2.24) is 9.91 Å². The summed E-state index contributed by atoms with van der Waals surface area (Å²) in [5.41, 5.74) is 0.487. The molecule has 1 aliphatic rings. The predicted octanol–water partition coefficient (Wildman–Crippen LogP) is 0.463. The van der Waals surface area contributed by atoms with E-state index >= 15 is 0 Å². The molecule has 1 aliphatic heterocycles. The largest absolute Gasteiger partial charge is 0.338 e. The quantitative estimate of drug-likeness (QED) is 0.681. The van der Waals surface area contributed by atoms with Gasteiger partial charge in [-0.2, -0.15) is 5.10 Å². The molecule has 0 unspecified atom stereocenters. The predicted molar refractivity (Wildman–Crippen MR) is 57.4 cm³/mol. The van der Waals surface area contributed by atoms with Crippen molar-refractivity contribution in [1.29, 1.82) is 0 Å². The van der Waals surface area contributed by atoms with Crippen molar-refractivity contribution in [3.8, 4) is 0 Å². The first-order chi connectivity index (χ1) is 7.10. The first-order valence-corrected chi connectivity index (χ1v) is 5.23. The molecule has 0 saturated carbocycles. The van der Waals surface area contributed by atoms with Crippen LogP contribution in [0.4, 0.5) is 0 Å². The fraction of sp³-hybridized carbons (Fsp3) is 0.700. The minimum Gasteiger partial charge on any atom is -0.338 e. The molecule has 0 fully saturated rings. The lowest BCUT2D eigenvalue weighted by molar-refractivity contribution is -0.130. The Morgan fingerprint density at radius 1 is 1.40 bits per heavy atom. The van der Waals surface area contributed by atoms with Crippen molar-refractivity contribution < 1.29 is 9.59 Å². The van der Waals surface area contributed by atoms with Gasteiger partial charge in [0.05, 0.1) is 0 Å². The highest BCUT2D eigenvalue weighted by Crippen LogP contribution is 2.09. The molecular weight excluding hydrogens is 194 g/mol. The second-order valence-electron chi connectivity index (χ2n) is 3.44. The van der Waals surface area contributed by atoms with E-state index in [0.717, 1.165) is 0 Å². The van der Waals surface area contributed by atoms with Crippen LogP contribution in [0.5, 0.6) is 0 Å². The number of hydrogen-bond acceptors (Lipinski definition) is 3. The summed E-state index contributed by atoms with van der Waals surface area (Å²) in [7, 11) is 1.58. The van der Waals surface area contributed by atoms with Crippen molar-refractivity contribution >= 4 is 17.5 Å². The van der Waals surface area contributed by atoms with E-state index in [-0.39, 0.29) is 11.8 Å². The Bertz CT molecular complexity index is 295. The van der Waals surface area contributed by atoms with E-state index in [4.69, 9.17) is 0 Å². The maximum atomic E-state index is 11.9. The number of rotatable bonds is 3. The van der Waals surface area contributed by atoms with Gasteiger partial charge in [0.15, 0.2) is 0 Å². The highest BCUT2D eigenvalue weighted by molar-refractivity contribution is 6.39. The van der Waals surface area contributed by atoms with Gasteiger partial charge in [-0.25, -0.2) is 5.01 Å². The maximum absolute atomic E-state index is 11.9. The second-order valence-corrected chi connectivity index (χ2v) is 3.44. The van der Waals surface area contributed by atoms with Crippen LogP contribution in [-0.4, -0.2) is 47.6 Å². The normalized spacial score (nSPS) is 16.3. The minimum absolute atomic E-state index is 0.0360. The number of carbonyl (C=O) groups excluding carboxylic acids is 2. The van der Waals surface area contributed by atoms with Gasteiger partial charge in [-0.1, -0.05) is 0 Å². The number of hydrazone groups is 1. The third-order valence-corrected chi connectivity index (χ3v) is 2.50. The molecule has 0 aromatic heterocycles. The molecule has 1 heterocycles. The van der Waals surface area contributed by atoms with Gasteiger partial charge in [-0.3, -0.25) is 9.59 Å². The van der Waals surface area contributed by atoms with E-state index in [0.29, 0.717) is 31.6 Å². The zero-order chi connectivity index (χ0) is 11.4.